The summed E-state index contributed by atoms with van der Waals surface area (Å²) in [5.41, 5.74) is 1.52. The Morgan fingerprint density at radius 3 is 2.40 bits per heavy atom. The number of nitrogens with zero attached hydrogens (tertiary/aromatic N) is 1. The first-order valence-corrected chi connectivity index (χ1v) is 4.98. The molecule has 84 valence electrons. The van der Waals surface area contributed by atoms with Crippen molar-refractivity contribution >= 4 is 5.78 Å². The highest BCUT2D eigenvalue weighted by molar-refractivity contribution is 5.94. The molecule has 0 spiro atoms. The molecule has 0 aromatic carbocycles. The maximum Gasteiger partial charge on any atom is 0.179 e. The SMILES string of the molecule is C=CC(=C)N(N)C(CC)C(=O)C=C(C)C. The number of hydrogen-bond acceptors (Lipinski definition) is 3. The van der Waals surface area contributed by atoms with Crippen LogP contribution in [-0.4, -0.2) is 16.8 Å². The molecule has 0 aromatic rings. The molecule has 0 radical (unpaired) electrons. The van der Waals surface area contributed by atoms with Crippen LogP contribution < -0.4 is 5.84 Å². The van der Waals surface area contributed by atoms with Crippen LogP contribution >= 0.6 is 0 Å². The summed E-state index contributed by atoms with van der Waals surface area (Å²) in [6.07, 6.45) is 3.79. The Balaban J connectivity index is 4.76. The number of ketones is 1. The summed E-state index contributed by atoms with van der Waals surface area (Å²) < 4.78 is 0. The van der Waals surface area contributed by atoms with Gasteiger partial charge >= 0.3 is 0 Å². The standard InChI is InChI=1S/C12H20N2O/c1-6-10(5)14(13)11(7-2)12(15)8-9(3)4/h6,8,11H,1,5,7,13H2,2-4H3. The fourth-order valence-electron chi connectivity index (χ4n) is 1.22. The van der Waals surface area contributed by atoms with E-state index in [1.165, 1.54) is 5.01 Å². The predicted molar refractivity (Wildman–Crippen MR) is 63.9 cm³/mol. The first-order valence-electron chi connectivity index (χ1n) is 4.98. The largest absolute Gasteiger partial charge is 0.301 e. The minimum atomic E-state index is -0.356. The minimum absolute atomic E-state index is 0.00278. The average molecular weight is 208 g/mol. The van der Waals surface area contributed by atoms with Gasteiger partial charge in [-0.2, -0.15) is 0 Å². The molecule has 3 nitrogen and oxygen atoms in total. The molecule has 0 aromatic heterocycles. The Morgan fingerprint density at radius 2 is 2.07 bits per heavy atom. The number of carbonyl (C=O) groups is 1. The quantitative estimate of drug-likeness (QED) is 0.315. The van der Waals surface area contributed by atoms with Crippen LogP contribution in [0.3, 0.4) is 0 Å². The molecule has 0 saturated heterocycles. The second kappa shape index (κ2) is 6.19. The molecule has 0 heterocycles. The van der Waals surface area contributed by atoms with Gasteiger partial charge in [0.05, 0.1) is 0 Å². The molecule has 0 bridgehead atoms. The molecule has 0 aliphatic heterocycles. The molecule has 2 N–H and O–H groups in total. The van der Waals surface area contributed by atoms with Gasteiger partial charge in [0.15, 0.2) is 5.78 Å². The van der Waals surface area contributed by atoms with Gasteiger partial charge in [0, 0.05) is 5.70 Å². The third kappa shape index (κ3) is 4.13. The van der Waals surface area contributed by atoms with Crippen molar-refractivity contribution in [2.45, 2.75) is 33.2 Å². The van der Waals surface area contributed by atoms with Crippen LogP contribution in [0.5, 0.6) is 0 Å². The maximum absolute atomic E-state index is 11.8. The summed E-state index contributed by atoms with van der Waals surface area (Å²) in [5, 5.41) is 1.37. The molecule has 0 rings (SSSR count). The van der Waals surface area contributed by atoms with Gasteiger partial charge in [-0.05, 0) is 32.4 Å². The Morgan fingerprint density at radius 1 is 1.53 bits per heavy atom. The third-order valence-corrected chi connectivity index (χ3v) is 2.05. The van der Waals surface area contributed by atoms with E-state index < -0.39 is 0 Å². The molecular weight excluding hydrogens is 188 g/mol. The van der Waals surface area contributed by atoms with Crippen LogP contribution in [0, 0.1) is 0 Å². The van der Waals surface area contributed by atoms with Crippen LogP contribution in [-0.2, 0) is 4.79 Å². The van der Waals surface area contributed by atoms with Crippen molar-refractivity contribution in [2.75, 3.05) is 0 Å². The van der Waals surface area contributed by atoms with Crippen molar-refractivity contribution in [3.05, 3.63) is 36.6 Å². The summed E-state index contributed by atoms with van der Waals surface area (Å²) in [6, 6.07) is -0.356. The molecule has 15 heavy (non-hydrogen) atoms. The van der Waals surface area contributed by atoms with Crippen molar-refractivity contribution in [2.24, 2.45) is 5.84 Å². The minimum Gasteiger partial charge on any atom is -0.301 e. The zero-order valence-corrected chi connectivity index (χ0v) is 9.79. The van der Waals surface area contributed by atoms with Gasteiger partial charge in [0.2, 0.25) is 0 Å². The molecule has 0 amide bonds. The van der Waals surface area contributed by atoms with Crippen LogP contribution in [0.1, 0.15) is 27.2 Å². The molecule has 1 atom stereocenters. The molecule has 0 aliphatic rings. The molecule has 0 aliphatic carbocycles. The van der Waals surface area contributed by atoms with Gasteiger partial charge in [-0.15, -0.1) is 0 Å². The molecule has 3 heteroatoms. The number of nitrogens with two attached hydrogens (primary N) is 1. The fourth-order valence-corrected chi connectivity index (χ4v) is 1.22. The lowest BCUT2D eigenvalue weighted by Gasteiger charge is -2.26. The second-order valence-electron chi connectivity index (χ2n) is 3.65. The van der Waals surface area contributed by atoms with Crippen LogP contribution in [0.4, 0.5) is 0 Å². The van der Waals surface area contributed by atoms with Gasteiger partial charge < -0.3 is 5.01 Å². The summed E-state index contributed by atoms with van der Waals surface area (Å²) in [6.45, 7) is 13.0. The summed E-state index contributed by atoms with van der Waals surface area (Å²) >= 11 is 0. The van der Waals surface area contributed by atoms with Crippen molar-refractivity contribution in [1.82, 2.24) is 5.01 Å². The van der Waals surface area contributed by atoms with E-state index in [0.717, 1.165) is 5.57 Å². The number of hydrogen-bond donors (Lipinski definition) is 1. The number of carbonyl (C=O) groups excluding carboxylic acids is 1. The number of rotatable bonds is 6. The Bertz CT molecular complexity index is 288. The van der Waals surface area contributed by atoms with E-state index in [0.29, 0.717) is 12.1 Å². The lowest BCUT2D eigenvalue weighted by Crippen LogP contribution is -2.43. The summed E-state index contributed by atoms with van der Waals surface area (Å²) in [4.78, 5) is 11.8. The van der Waals surface area contributed by atoms with Crippen molar-refractivity contribution in [3.8, 4) is 0 Å². The number of allylic oxidation sites excluding steroid dienone is 2. The zero-order valence-electron chi connectivity index (χ0n) is 9.79. The maximum atomic E-state index is 11.8. The highest BCUT2D eigenvalue weighted by Gasteiger charge is 2.20. The van der Waals surface area contributed by atoms with Crippen LogP contribution in [0.15, 0.2) is 36.6 Å². The lowest BCUT2D eigenvalue weighted by molar-refractivity contribution is -0.119. The van der Waals surface area contributed by atoms with Gasteiger partial charge in [-0.25, -0.2) is 5.84 Å². The van der Waals surface area contributed by atoms with E-state index in [9.17, 15) is 4.79 Å². The number of hydrazine groups is 1. The van der Waals surface area contributed by atoms with E-state index in [4.69, 9.17) is 5.84 Å². The van der Waals surface area contributed by atoms with Crippen molar-refractivity contribution < 1.29 is 4.79 Å². The van der Waals surface area contributed by atoms with E-state index in [1.54, 1.807) is 12.2 Å². The van der Waals surface area contributed by atoms with Gasteiger partial charge in [-0.1, -0.05) is 25.7 Å². The highest BCUT2D eigenvalue weighted by Crippen LogP contribution is 2.09. The molecule has 0 fully saturated rings. The van der Waals surface area contributed by atoms with Gasteiger partial charge in [0.25, 0.3) is 0 Å². The molecule has 0 saturated carbocycles. The van der Waals surface area contributed by atoms with E-state index in [1.807, 2.05) is 20.8 Å². The lowest BCUT2D eigenvalue weighted by atomic mass is 10.1. The highest BCUT2D eigenvalue weighted by atomic mass is 16.1. The molecule has 1 unspecified atom stereocenters. The molecular formula is C12H20N2O. The van der Waals surface area contributed by atoms with Crippen molar-refractivity contribution in [1.29, 1.82) is 0 Å². The topological polar surface area (TPSA) is 46.3 Å². The predicted octanol–water partition coefficient (Wildman–Crippen LogP) is 2.18. The Labute approximate surface area is 91.9 Å². The van der Waals surface area contributed by atoms with E-state index in [-0.39, 0.29) is 11.8 Å². The third-order valence-electron chi connectivity index (χ3n) is 2.05. The van der Waals surface area contributed by atoms with E-state index >= 15 is 0 Å². The zero-order chi connectivity index (χ0) is 12.0. The van der Waals surface area contributed by atoms with E-state index in [2.05, 4.69) is 13.2 Å². The van der Waals surface area contributed by atoms with Gasteiger partial charge in [0.1, 0.15) is 6.04 Å². The summed E-state index contributed by atoms with van der Waals surface area (Å²) in [5.74, 6) is 5.77. The summed E-state index contributed by atoms with van der Waals surface area (Å²) in [7, 11) is 0. The van der Waals surface area contributed by atoms with Crippen molar-refractivity contribution in [3.63, 3.8) is 0 Å². The fraction of sp³-hybridized carbons (Fsp3) is 0.417. The van der Waals surface area contributed by atoms with Crippen LogP contribution in [0.25, 0.3) is 0 Å². The average Bonchev–Trinajstić information content (AvgIpc) is 2.16. The monoisotopic (exact) mass is 208 g/mol. The first kappa shape index (κ1) is 13.7. The Hall–Kier alpha value is -1.35. The van der Waals surface area contributed by atoms with Crippen LogP contribution in [0.2, 0.25) is 0 Å². The normalized spacial score (nSPS) is 11.5. The Kier molecular flexibility index (Phi) is 5.64. The first-order chi connectivity index (χ1) is 6.93. The van der Waals surface area contributed by atoms with Gasteiger partial charge in [-0.3, -0.25) is 4.79 Å². The second-order valence-corrected chi connectivity index (χ2v) is 3.65. The smallest absolute Gasteiger partial charge is 0.179 e.